The van der Waals surface area contributed by atoms with E-state index in [1.54, 1.807) is 19.1 Å². The summed E-state index contributed by atoms with van der Waals surface area (Å²) < 4.78 is 20.4. The number of nitrogens with two attached hydrogens (primary N) is 1. The Kier molecular flexibility index (Phi) is 4.78. The summed E-state index contributed by atoms with van der Waals surface area (Å²) >= 11 is 3.50. The van der Waals surface area contributed by atoms with E-state index in [0.29, 0.717) is 11.3 Å². The van der Waals surface area contributed by atoms with Crippen molar-refractivity contribution in [1.82, 2.24) is 0 Å². The van der Waals surface area contributed by atoms with Gasteiger partial charge in [-0.1, -0.05) is 40.2 Å². The molecule has 2 nitrogen and oxygen atoms in total. The summed E-state index contributed by atoms with van der Waals surface area (Å²) in [5.74, 6) is 0.198. The van der Waals surface area contributed by atoms with Crippen LogP contribution in [0, 0.1) is 12.7 Å². The summed E-state index contributed by atoms with van der Waals surface area (Å²) in [6.07, 6.45) is -0.340. The molecule has 0 aromatic heterocycles. The Morgan fingerprint density at radius 2 is 1.90 bits per heavy atom. The van der Waals surface area contributed by atoms with Gasteiger partial charge in [0, 0.05) is 22.1 Å². The number of aryl methyl sites for hydroxylation is 1. The van der Waals surface area contributed by atoms with Crippen LogP contribution in [0.5, 0.6) is 5.75 Å². The molecule has 20 heavy (non-hydrogen) atoms. The van der Waals surface area contributed by atoms with Crippen LogP contribution in [0.3, 0.4) is 0 Å². The standard InChI is InChI=1S/C16H17BrFNO/c1-10-7-8-12(9-15(10)18)20-16(11(2)19)13-5-3-4-6-14(13)17/h3-9,11,16H,19H2,1-2H3. The van der Waals surface area contributed by atoms with E-state index >= 15 is 0 Å². The van der Waals surface area contributed by atoms with Crippen molar-refractivity contribution in [2.45, 2.75) is 26.0 Å². The van der Waals surface area contributed by atoms with Gasteiger partial charge in [0.05, 0.1) is 0 Å². The van der Waals surface area contributed by atoms with Crippen LogP contribution < -0.4 is 10.5 Å². The zero-order valence-corrected chi connectivity index (χ0v) is 13.0. The molecule has 106 valence electrons. The van der Waals surface area contributed by atoms with E-state index in [0.717, 1.165) is 10.0 Å². The van der Waals surface area contributed by atoms with Gasteiger partial charge in [0.15, 0.2) is 0 Å². The number of ether oxygens (including phenoxy) is 1. The van der Waals surface area contributed by atoms with Crippen molar-refractivity contribution < 1.29 is 9.13 Å². The zero-order valence-electron chi connectivity index (χ0n) is 11.4. The number of hydrogen-bond donors (Lipinski definition) is 1. The third-order valence-electron chi connectivity index (χ3n) is 3.10. The molecule has 2 aromatic carbocycles. The quantitative estimate of drug-likeness (QED) is 0.899. The summed E-state index contributed by atoms with van der Waals surface area (Å²) in [7, 11) is 0. The van der Waals surface area contributed by atoms with E-state index in [4.69, 9.17) is 10.5 Å². The molecule has 0 fully saturated rings. The highest BCUT2D eigenvalue weighted by Crippen LogP contribution is 2.30. The Morgan fingerprint density at radius 1 is 1.20 bits per heavy atom. The lowest BCUT2D eigenvalue weighted by atomic mass is 10.0. The lowest BCUT2D eigenvalue weighted by Crippen LogP contribution is -2.29. The average molecular weight is 338 g/mol. The first kappa shape index (κ1) is 15.0. The van der Waals surface area contributed by atoms with Crippen molar-refractivity contribution in [1.29, 1.82) is 0 Å². The van der Waals surface area contributed by atoms with Gasteiger partial charge < -0.3 is 10.5 Å². The Morgan fingerprint density at radius 3 is 2.50 bits per heavy atom. The highest BCUT2D eigenvalue weighted by atomic mass is 79.9. The molecule has 0 radical (unpaired) electrons. The van der Waals surface area contributed by atoms with Gasteiger partial charge in [-0.25, -0.2) is 4.39 Å². The smallest absolute Gasteiger partial charge is 0.140 e. The van der Waals surface area contributed by atoms with Crippen molar-refractivity contribution in [3.8, 4) is 5.75 Å². The van der Waals surface area contributed by atoms with Gasteiger partial charge in [-0.3, -0.25) is 0 Å². The second kappa shape index (κ2) is 6.37. The fraction of sp³-hybridized carbons (Fsp3) is 0.250. The van der Waals surface area contributed by atoms with Crippen LogP contribution in [-0.4, -0.2) is 6.04 Å². The third kappa shape index (κ3) is 3.38. The maximum Gasteiger partial charge on any atom is 0.140 e. The molecule has 0 aliphatic heterocycles. The molecule has 0 heterocycles. The SMILES string of the molecule is Cc1ccc(OC(c2ccccc2Br)C(C)N)cc1F. The number of hydrogen-bond acceptors (Lipinski definition) is 2. The molecule has 0 spiro atoms. The molecule has 2 rings (SSSR count). The highest BCUT2D eigenvalue weighted by molar-refractivity contribution is 9.10. The van der Waals surface area contributed by atoms with Crippen LogP contribution >= 0.6 is 15.9 Å². The molecule has 0 saturated carbocycles. The van der Waals surface area contributed by atoms with E-state index in [-0.39, 0.29) is 18.0 Å². The van der Waals surface area contributed by atoms with E-state index < -0.39 is 0 Å². The Bertz CT molecular complexity index is 601. The van der Waals surface area contributed by atoms with Crippen LogP contribution in [0.1, 0.15) is 24.2 Å². The molecule has 2 unspecified atom stereocenters. The van der Waals surface area contributed by atoms with Gasteiger partial charge in [-0.15, -0.1) is 0 Å². The molecule has 0 aliphatic rings. The van der Waals surface area contributed by atoms with Crippen molar-refractivity contribution in [2.75, 3.05) is 0 Å². The number of benzene rings is 2. The summed E-state index contributed by atoms with van der Waals surface area (Å²) in [5, 5.41) is 0. The van der Waals surface area contributed by atoms with Gasteiger partial charge in [-0.05, 0) is 31.5 Å². The Hall–Kier alpha value is -1.39. The molecule has 0 amide bonds. The Balaban J connectivity index is 2.31. The molecular weight excluding hydrogens is 321 g/mol. The summed E-state index contributed by atoms with van der Waals surface area (Å²) in [5.41, 5.74) is 7.55. The fourth-order valence-electron chi connectivity index (χ4n) is 1.95. The molecule has 0 bridgehead atoms. The van der Waals surface area contributed by atoms with E-state index in [2.05, 4.69) is 15.9 Å². The topological polar surface area (TPSA) is 35.2 Å². The molecule has 2 aromatic rings. The van der Waals surface area contributed by atoms with Gasteiger partial charge in [0.1, 0.15) is 17.7 Å². The van der Waals surface area contributed by atoms with Gasteiger partial charge in [0.25, 0.3) is 0 Å². The van der Waals surface area contributed by atoms with Crippen LogP contribution in [0.25, 0.3) is 0 Å². The second-order valence-corrected chi connectivity index (χ2v) is 5.68. The first-order valence-corrected chi connectivity index (χ1v) is 7.21. The minimum atomic E-state index is -0.340. The minimum absolute atomic E-state index is 0.224. The van der Waals surface area contributed by atoms with Gasteiger partial charge in [0.2, 0.25) is 0 Å². The lowest BCUT2D eigenvalue weighted by molar-refractivity contribution is 0.179. The first-order chi connectivity index (χ1) is 9.49. The fourth-order valence-corrected chi connectivity index (χ4v) is 2.46. The second-order valence-electron chi connectivity index (χ2n) is 4.83. The minimum Gasteiger partial charge on any atom is -0.484 e. The van der Waals surface area contributed by atoms with E-state index in [9.17, 15) is 4.39 Å². The molecular formula is C16H17BrFNO. The normalized spacial score (nSPS) is 13.8. The predicted molar refractivity (Wildman–Crippen MR) is 82.3 cm³/mol. The van der Waals surface area contributed by atoms with Crippen LogP contribution in [0.4, 0.5) is 4.39 Å². The molecule has 0 aliphatic carbocycles. The number of rotatable bonds is 4. The summed E-state index contributed by atoms with van der Waals surface area (Å²) in [6.45, 7) is 3.59. The van der Waals surface area contributed by atoms with Crippen LogP contribution in [-0.2, 0) is 0 Å². The number of halogens is 2. The van der Waals surface area contributed by atoms with Crippen molar-refractivity contribution in [3.63, 3.8) is 0 Å². The van der Waals surface area contributed by atoms with Crippen LogP contribution in [0.15, 0.2) is 46.9 Å². The van der Waals surface area contributed by atoms with Crippen LogP contribution in [0.2, 0.25) is 0 Å². The van der Waals surface area contributed by atoms with Gasteiger partial charge >= 0.3 is 0 Å². The lowest BCUT2D eigenvalue weighted by Gasteiger charge is -2.24. The monoisotopic (exact) mass is 337 g/mol. The maximum atomic E-state index is 13.6. The third-order valence-corrected chi connectivity index (χ3v) is 3.82. The predicted octanol–water partition coefficient (Wildman–Crippen LogP) is 4.36. The molecule has 4 heteroatoms. The van der Waals surface area contributed by atoms with Crippen molar-refractivity contribution in [2.24, 2.45) is 5.73 Å². The molecule has 0 saturated heterocycles. The summed E-state index contributed by atoms with van der Waals surface area (Å²) in [6, 6.07) is 12.4. The van der Waals surface area contributed by atoms with E-state index in [1.165, 1.54) is 6.07 Å². The average Bonchev–Trinajstić information content (AvgIpc) is 2.41. The maximum absolute atomic E-state index is 13.6. The largest absolute Gasteiger partial charge is 0.484 e. The van der Waals surface area contributed by atoms with Crippen molar-refractivity contribution in [3.05, 3.63) is 63.9 Å². The zero-order chi connectivity index (χ0) is 14.7. The molecule has 2 N–H and O–H groups in total. The first-order valence-electron chi connectivity index (χ1n) is 6.42. The summed E-state index contributed by atoms with van der Waals surface area (Å²) in [4.78, 5) is 0. The highest BCUT2D eigenvalue weighted by Gasteiger charge is 2.20. The molecule has 2 atom stereocenters. The van der Waals surface area contributed by atoms with Gasteiger partial charge in [-0.2, -0.15) is 0 Å². The Labute approximate surface area is 126 Å². The van der Waals surface area contributed by atoms with Crippen molar-refractivity contribution >= 4 is 15.9 Å². The van der Waals surface area contributed by atoms with E-state index in [1.807, 2.05) is 31.2 Å².